The van der Waals surface area contributed by atoms with Crippen LogP contribution in [0.2, 0.25) is 0 Å². The van der Waals surface area contributed by atoms with Gasteiger partial charge in [-0.1, -0.05) is 32.9 Å². The van der Waals surface area contributed by atoms with Crippen LogP contribution in [0.4, 0.5) is 4.39 Å². The Morgan fingerprint density at radius 1 is 1.04 bits per heavy atom. The molecule has 3 rings (SSSR count). The van der Waals surface area contributed by atoms with E-state index in [0.29, 0.717) is 19.5 Å². The fraction of sp³-hybridized carbons (Fsp3) is 0.619. The zero-order valence-corrected chi connectivity index (χ0v) is 16.0. The van der Waals surface area contributed by atoms with Crippen LogP contribution < -0.4 is 0 Å². The molecule has 5 heteroatoms. The van der Waals surface area contributed by atoms with Gasteiger partial charge >= 0.3 is 0 Å². The molecule has 0 saturated carbocycles. The molecule has 0 unspecified atom stereocenters. The summed E-state index contributed by atoms with van der Waals surface area (Å²) in [6, 6.07) is 6.38. The van der Waals surface area contributed by atoms with Crippen LogP contribution in [0.5, 0.6) is 0 Å². The van der Waals surface area contributed by atoms with E-state index in [0.717, 1.165) is 31.5 Å². The normalized spacial score (nSPS) is 23.5. The molecule has 1 aromatic rings. The Labute approximate surface area is 155 Å². The number of carbonyl (C=O) groups excluding carboxylic acids is 2. The van der Waals surface area contributed by atoms with Crippen molar-refractivity contribution in [3.8, 4) is 0 Å². The molecular weight excluding hydrogens is 331 g/mol. The van der Waals surface area contributed by atoms with E-state index in [1.165, 1.54) is 12.1 Å². The summed E-state index contributed by atoms with van der Waals surface area (Å²) in [6.07, 6.45) is 2.56. The molecule has 1 aromatic carbocycles. The maximum atomic E-state index is 13.3. The Hall–Kier alpha value is -1.91. The van der Waals surface area contributed by atoms with E-state index in [-0.39, 0.29) is 34.9 Å². The van der Waals surface area contributed by atoms with Crippen molar-refractivity contribution in [2.45, 2.75) is 46.0 Å². The summed E-state index contributed by atoms with van der Waals surface area (Å²) < 4.78 is 13.3. The average molecular weight is 360 g/mol. The number of rotatable bonds is 3. The molecule has 2 aliphatic rings. The summed E-state index contributed by atoms with van der Waals surface area (Å²) in [6.45, 7) is 8.75. The molecule has 0 radical (unpaired) electrons. The zero-order chi connectivity index (χ0) is 18.9. The molecule has 0 aliphatic carbocycles. The summed E-state index contributed by atoms with van der Waals surface area (Å²) in [5, 5.41) is 0. The molecule has 0 aromatic heterocycles. The quantitative estimate of drug-likeness (QED) is 0.829. The van der Waals surface area contributed by atoms with Crippen molar-refractivity contribution < 1.29 is 14.0 Å². The maximum absolute atomic E-state index is 13.3. The predicted molar refractivity (Wildman–Crippen MR) is 99.1 cm³/mol. The molecule has 142 valence electrons. The zero-order valence-electron chi connectivity index (χ0n) is 16.0. The van der Waals surface area contributed by atoms with Crippen LogP contribution >= 0.6 is 0 Å². The predicted octanol–water partition coefficient (Wildman–Crippen LogP) is 3.43. The summed E-state index contributed by atoms with van der Waals surface area (Å²) in [5.74, 6) is -0.339. The number of benzene rings is 1. The second kappa shape index (κ2) is 7.37. The van der Waals surface area contributed by atoms with E-state index in [1.54, 1.807) is 12.1 Å². The van der Waals surface area contributed by atoms with Crippen molar-refractivity contribution in [1.29, 1.82) is 0 Å². The number of halogens is 1. The van der Waals surface area contributed by atoms with Gasteiger partial charge in [0.15, 0.2) is 0 Å². The van der Waals surface area contributed by atoms with E-state index in [2.05, 4.69) is 0 Å². The molecule has 0 bridgehead atoms. The van der Waals surface area contributed by atoms with Gasteiger partial charge in [-0.05, 0) is 36.0 Å². The first-order valence-electron chi connectivity index (χ1n) is 9.57. The maximum Gasteiger partial charge on any atom is 0.228 e. The SMILES string of the molecule is CC(C)(C)CC(=O)N1C[C@H](C(=O)N2CCCC2)[C@@H](c2ccc(F)cc2)C1. The van der Waals surface area contributed by atoms with Gasteiger partial charge in [-0.15, -0.1) is 0 Å². The van der Waals surface area contributed by atoms with Crippen LogP contribution in [0.3, 0.4) is 0 Å². The van der Waals surface area contributed by atoms with E-state index in [4.69, 9.17) is 0 Å². The van der Waals surface area contributed by atoms with Gasteiger partial charge in [-0.25, -0.2) is 4.39 Å². The van der Waals surface area contributed by atoms with Gasteiger partial charge < -0.3 is 9.80 Å². The highest BCUT2D eigenvalue weighted by Gasteiger charge is 2.42. The number of hydrogen-bond donors (Lipinski definition) is 0. The molecule has 26 heavy (non-hydrogen) atoms. The lowest BCUT2D eigenvalue weighted by Gasteiger charge is -2.24. The summed E-state index contributed by atoms with van der Waals surface area (Å²) >= 11 is 0. The van der Waals surface area contributed by atoms with Gasteiger partial charge in [0, 0.05) is 38.5 Å². The van der Waals surface area contributed by atoms with Crippen molar-refractivity contribution >= 4 is 11.8 Å². The average Bonchev–Trinajstić information content (AvgIpc) is 3.23. The van der Waals surface area contributed by atoms with Crippen LogP contribution in [0.1, 0.15) is 51.5 Å². The minimum atomic E-state index is -0.283. The Morgan fingerprint density at radius 3 is 2.23 bits per heavy atom. The van der Waals surface area contributed by atoms with Gasteiger partial charge in [0.25, 0.3) is 0 Å². The summed E-state index contributed by atoms with van der Waals surface area (Å²) in [4.78, 5) is 29.5. The second-order valence-electron chi connectivity index (χ2n) is 8.83. The molecule has 2 saturated heterocycles. The Balaban J connectivity index is 1.81. The third-order valence-corrected chi connectivity index (χ3v) is 5.39. The standard InChI is InChI=1S/C21H29FN2O2/c1-21(2,3)12-19(25)24-13-17(15-6-8-16(22)9-7-15)18(14-24)20(26)23-10-4-5-11-23/h6-9,17-18H,4-5,10-14H2,1-3H3/t17-,18+/m1/s1. The van der Waals surface area contributed by atoms with Gasteiger partial charge in [-0.2, -0.15) is 0 Å². The smallest absolute Gasteiger partial charge is 0.228 e. The molecule has 2 amide bonds. The Kier molecular flexibility index (Phi) is 5.35. The number of nitrogens with zero attached hydrogens (tertiary/aromatic N) is 2. The molecule has 2 aliphatic heterocycles. The van der Waals surface area contributed by atoms with Crippen molar-refractivity contribution in [2.24, 2.45) is 11.3 Å². The molecule has 0 N–H and O–H groups in total. The third kappa shape index (κ3) is 4.25. The topological polar surface area (TPSA) is 40.6 Å². The van der Waals surface area contributed by atoms with E-state index in [1.807, 2.05) is 30.6 Å². The van der Waals surface area contributed by atoms with E-state index in [9.17, 15) is 14.0 Å². The Bertz CT molecular complexity index is 660. The molecule has 0 spiro atoms. The monoisotopic (exact) mass is 360 g/mol. The lowest BCUT2D eigenvalue weighted by atomic mass is 9.88. The molecular formula is C21H29FN2O2. The van der Waals surface area contributed by atoms with Crippen molar-refractivity contribution in [2.75, 3.05) is 26.2 Å². The van der Waals surface area contributed by atoms with Crippen LogP contribution in [0.25, 0.3) is 0 Å². The third-order valence-electron chi connectivity index (χ3n) is 5.39. The van der Waals surface area contributed by atoms with Crippen LogP contribution in [-0.2, 0) is 9.59 Å². The largest absolute Gasteiger partial charge is 0.342 e. The lowest BCUT2D eigenvalue weighted by molar-refractivity contribution is -0.135. The van der Waals surface area contributed by atoms with Crippen LogP contribution in [-0.4, -0.2) is 47.8 Å². The van der Waals surface area contributed by atoms with E-state index >= 15 is 0 Å². The fourth-order valence-electron chi connectivity index (χ4n) is 4.04. The molecule has 4 nitrogen and oxygen atoms in total. The van der Waals surface area contributed by atoms with Crippen molar-refractivity contribution in [3.05, 3.63) is 35.6 Å². The molecule has 2 atom stereocenters. The highest BCUT2D eigenvalue weighted by molar-refractivity contribution is 5.83. The van der Waals surface area contributed by atoms with Gasteiger partial charge in [0.05, 0.1) is 5.92 Å². The molecule has 2 heterocycles. The van der Waals surface area contributed by atoms with Crippen LogP contribution in [0, 0.1) is 17.2 Å². The first-order valence-corrected chi connectivity index (χ1v) is 9.57. The number of likely N-dealkylation sites (tertiary alicyclic amines) is 2. The number of amides is 2. The summed E-state index contributed by atoms with van der Waals surface area (Å²) in [5.41, 5.74) is 0.856. The van der Waals surface area contributed by atoms with Crippen molar-refractivity contribution in [1.82, 2.24) is 9.80 Å². The van der Waals surface area contributed by atoms with Crippen LogP contribution in [0.15, 0.2) is 24.3 Å². The van der Waals surface area contributed by atoms with Gasteiger partial charge in [0.2, 0.25) is 11.8 Å². The second-order valence-corrected chi connectivity index (χ2v) is 8.83. The minimum absolute atomic E-state index is 0.0624. The first-order chi connectivity index (χ1) is 12.2. The Morgan fingerprint density at radius 2 is 1.65 bits per heavy atom. The van der Waals surface area contributed by atoms with Gasteiger partial charge in [-0.3, -0.25) is 9.59 Å². The number of carbonyl (C=O) groups is 2. The highest BCUT2D eigenvalue weighted by atomic mass is 19.1. The van der Waals surface area contributed by atoms with Gasteiger partial charge in [0.1, 0.15) is 5.82 Å². The van der Waals surface area contributed by atoms with Crippen molar-refractivity contribution in [3.63, 3.8) is 0 Å². The van der Waals surface area contributed by atoms with E-state index < -0.39 is 0 Å². The highest BCUT2D eigenvalue weighted by Crippen LogP contribution is 2.36. The fourth-order valence-corrected chi connectivity index (χ4v) is 4.04. The first kappa shape index (κ1) is 18.9. The number of hydrogen-bond acceptors (Lipinski definition) is 2. The lowest BCUT2D eigenvalue weighted by Crippen LogP contribution is -2.38. The summed E-state index contributed by atoms with van der Waals surface area (Å²) in [7, 11) is 0. The minimum Gasteiger partial charge on any atom is -0.342 e. The molecule has 2 fully saturated rings.